The Morgan fingerprint density at radius 1 is 1.16 bits per heavy atom. The van der Waals surface area contributed by atoms with Crippen LogP contribution in [0.1, 0.15) is 36.4 Å². The molecule has 31 heavy (non-hydrogen) atoms. The summed E-state index contributed by atoms with van der Waals surface area (Å²) in [5, 5.41) is 12.4. The third kappa shape index (κ3) is 4.44. The Morgan fingerprint density at radius 3 is 2.55 bits per heavy atom. The van der Waals surface area contributed by atoms with E-state index in [0.29, 0.717) is 23.7 Å². The van der Waals surface area contributed by atoms with E-state index in [2.05, 4.69) is 15.5 Å². The number of amides is 2. The number of carbonyl (C=O) groups excluding carboxylic acids is 2. The Hall–Kier alpha value is -3.26. The molecule has 0 saturated carbocycles. The second kappa shape index (κ2) is 9.26. The van der Waals surface area contributed by atoms with Crippen molar-refractivity contribution >= 4 is 34.0 Å². The average Bonchev–Trinajstić information content (AvgIpc) is 3.27. The van der Waals surface area contributed by atoms with E-state index in [0.717, 1.165) is 22.7 Å². The van der Waals surface area contributed by atoms with Crippen molar-refractivity contribution in [2.45, 2.75) is 32.2 Å². The van der Waals surface area contributed by atoms with Gasteiger partial charge < -0.3 is 15.0 Å². The fourth-order valence-electron chi connectivity index (χ4n) is 3.89. The SMILES string of the molecule is CCc1nnc(NC(=O)[C@H]2CCC(=O)N(c3ccc(OC)cc3)[C@H]2c2ccccc2)s1. The lowest BCUT2D eigenvalue weighted by Crippen LogP contribution is -2.46. The Kier molecular flexibility index (Phi) is 6.27. The Morgan fingerprint density at radius 2 is 1.90 bits per heavy atom. The van der Waals surface area contributed by atoms with Gasteiger partial charge in [0, 0.05) is 12.1 Å². The maximum Gasteiger partial charge on any atom is 0.231 e. The molecule has 0 aliphatic carbocycles. The molecule has 1 aliphatic heterocycles. The minimum Gasteiger partial charge on any atom is -0.497 e. The number of rotatable bonds is 6. The molecule has 0 spiro atoms. The highest BCUT2D eigenvalue weighted by atomic mass is 32.1. The predicted octanol–water partition coefficient (Wildman–Crippen LogP) is 4.23. The number of methoxy groups -OCH3 is 1. The van der Waals surface area contributed by atoms with Crippen LogP contribution in [0.15, 0.2) is 54.6 Å². The van der Waals surface area contributed by atoms with Gasteiger partial charge in [0.1, 0.15) is 10.8 Å². The summed E-state index contributed by atoms with van der Waals surface area (Å²) in [4.78, 5) is 28.1. The van der Waals surface area contributed by atoms with Crippen molar-refractivity contribution in [1.82, 2.24) is 10.2 Å². The molecule has 2 aromatic carbocycles. The Balaban J connectivity index is 1.69. The minimum atomic E-state index is -0.422. The molecule has 1 aromatic heterocycles. The van der Waals surface area contributed by atoms with Crippen molar-refractivity contribution in [2.75, 3.05) is 17.3 Å². The highest BCUT2D eigenvalue weighted by Crippen LogP contribution is 2.41. The van der Waals surface area contributed by atoms with E-state index in [1.807, 2.05) is 61.5 Å². The molecule has 3 aromatic rings. The number of nitrogens with zero attached hydrogens (tertiary/aromatic N) is 3. The number of piperidine rings is 1. The van der Waals surface area contributed by atoms with Gasteiger partial charge in [0.25, 0.3) is 0 Å². The van der Waals surface area contributed by atoms with Crippen LogP contribution in [0.5, 0.6) is 5.75 Å². The number of aromatic nitrogens is 2. The third-order valence-electron chi connectivity index (χ3n) is 5.43. The molecule has 7 nitrogen and oxygen atoms in total. The Labute approximate surface area is 185 Å². The van der Waals surface area contributed by atoms with Gasteiger partial charge in [0.15, 0.2) is 0 Å². The van der Waals surface area contributed by atoms with Crippen LogP contribution >= 0.6 is 11.3 Å². The topological polar surface area (TPSA) is 84.4 Å². The summed E-state index contributed by atoms with van der Waals surface area (Å²) < 4.78 is 5.25. The predicted molar refractivity (Wildman–Crippen MR) is 120 cm³/mol. The number of hydrogen-bond acceptors (Lipinski definition) is 6. The molecule has 8 heteroatoms. The minimum absolute atomic E-state index is 0.00717. The first kappa shape index (κ1) is 21.0. The maximum atomic E-state index is 13.3. The van der Waals surface area contributed by atoms with E-state index >= 15 is 0 Å². The third-order valence-corrected chi connectivity index (χ3v) is 6.41. The van der Waals surface area contributed by atoms with E-state index in [1.54, 1.807) is 12.0 Å². The summed E-state index contributed by atoms with van der Waals surface area (Å²) in [7, 11) is 1.60. The van der Waals surface area contributed by atoms with Gasteiger partial charge in [0.05, 0.1) is 19.1 Å². The second-order valence-corrected chi connectivity index (χ2v) is 8.37. The molecule has 0 radical (unpaired) electrons. The van der Waals surface area contributed by atoms with E-state index < -0.39 is 12.0 Å². The number of benzene rings is 2. The van der Waals surface area contributed by atoms with Gasteiger partial charge in [-0.2, -0.15) is 0 Å². The summed E-state index contributed by atoms with van der Waals surface area (Å²) >= 11 is 1.38. The molecule has 2 atom stereocenters. The lowest BCUT2D eigenvalue weighted by atomic mass is 9.83. The van der Waals surface area contributed by atoms with E-state index in [4.69, 9.17) is 4.74 Å². The van der Waals surface area contributed by atoms with Crippen molar-refractivity contribution in [1.29, 1.82) is 0 Å². The average molecular weight is 437 g/mol. The molecule has 1 fully saturated rings. The van der Waals surface area contributed by atoms with E-state index in [1.165, 1.54) is 11.3 Å². The monoisotopic (exact) mass is 436 g/mol. The van der Waals surface area contributed by atoms with Crippen LogP contribution in [0.3, 0.4) is 0 Å². The summed E-state index contributed by atoms with van der Waals surface area (Å²) in [5.41, 5.74) is 1.65. The molecule has 0 bridgehead atoms. The van der Waals surface area contributed by atoms with Gasteiger partial charge in [-0.1, -0.05) is 48.6 Å². The maximum absolute atomic E-state index is 13.3. The molecular weight excluding hydrogens is 412 g/mol. The zero-order valence-corrected chi connectivity index (χ0v) is 18.3. The number of anilines is 2. The van der Waals surface area contributed by atoms with E-state index in [9.17, 15) is 9.59 Å². The van der Waals surface area contributed by atoms with Crippen molar-refractivity contribution in [3.05, 3.63) is 65.2 Å². The number of nitrogens with one attached hydrogen (secondary N) is 1. The zero-order valence-electron chi connectivity index (χ0n) is 17.4. The molecule has 160 valence electrons. The highest BCUT2D eigenvalue weighted by Gasteiger charge is 2.41. The quantitative estimate of drug-likeness (QED) is 0.625. The van der Waals surface area contributed by atoms with Crippen molar-refractivity contribution in [3.8, 4) is 5.75 Å². The number of carbonyl (C=O) groups is 2. The summed E-state index contributed by atoms with van der Waals surface area (Å²) in [6.07, 6.45) is 1.53. The van der Waals surface area contributed by atoms with Crippen molar-refractivity contribution in [3.63, 3.8) is 0 Å². The summed E-state index contributed by atoms with van der Waals surface area (Å²) in [5.74, 6) is 0.129. The van der Waals surface area contributed by atoms with Gasteiger partial charge >= 0.3 is 0 Å². The molecule has 0 unspecified atom stereocenters. The van der Waals surface area contributed by atoms with Crippen LogP contribution < -0.4 is 15.0 Å². The number of ether oxygens (including phenoxy) is 1. The first-order valence-corrected chi connectivity index (χ1v) is 11.1. The normalized spacial score (nSPS) is 18.6. The fourth-order valence-corrected chi connectivity index (χ4v) is 4.57. The molecule has 1 N–H and O–H groups in total. The zero-order chi connectivity index (χ0) is 21.8. The first-order valence-electron chi connectivity index (χ1n) is 10.2. The van der Waals surface area contributed by atoms with Crippen LogP contribution in [0.4, 0.5) is 10.8 Å². The van der Waals surface area contributed by atoms with Crippen LogP contribution in [0.25, 0.3) is 0 Å². The largest absolute Gasteiger partial charge is 0.497 e. The molecule has 2 amide bonds. The van der Waals surface area contributed by atoms with Gasteiger partial charge in [-0.25, -0.2) is 0 Å². The highest BCUT2D eigenvalue weighted by molar-refractivity contribution is 7.15. The summed E-state index contributed by atoms with van der Waals surface area (Å²) in [6, 6.07) is 16.6. The molecule has 1 saturated heterocycles. The number of hydrogen-bond donors (Lipinski definition) is 1. The molecule has 1 aliphatic rings. The molecule has 2 heterocycles. The second-order valence-electron chi connectivity index (χ2n) is 7.31. The smallest absolute Gasteiger partial charge is 0.231 e. The van der Waals surface area contributed by atoms with Gasteiger partial charge in [-0.15, -0.1) is 10.2 Å². The summed E-state index contributed by atoms with van der Waals surface area (Å²) in [6.45, 7) is 2.00. The van der Waals surface area contributed by atoms with Gasteiger partial charge in [-0.05, 0) is 42.7 Å². The molecule has 4 rings (SSSR count). The fraction of sp³-hybridized carbons (Fsp3) is 0.304. The van der Waals surface area contributed by atoms with Crippen molar-refractivity contribution in [2.24, 2.45) is 5.92 Å². The van der Waals surface area contributed by atoms with Gasteiger partial charge in [0.2, 0.25) is 16.9 Å². The van der Waals surface area contributed by atoms with Crippen LogP contribution in [0, 0.1) is 5.92 Å². The number of aryl methyl sites for hydroxylation is 1. The molecular formula is C23H24N4O3S. The lowest BCUT2D eigenvalue weighted by Gasteiger charge is -2.40. The van der Waals surface area contributed by atoms with Crippen LogP contribution in [0.2, 0.25) is 0 Å². The van der Waals surface area contributed by atoms with Crippen molar-refractivity contribution < 1.29 is 14.3 Å². The van der Waals surface area contributed by atoms with Crippen LogP contribution in [-0.2, 0) is 16.0 Å². The first-order chi connectivity index (χ1) is 15.1. The Bertz CT molecular complexity index is 1050. The standard InChI is InChI=1S/C23H24N4O3S/c1-3-19-25-26-23(31-19)24-22(29)18-13-14-20(28)27(16-9-11-17(30-2)12-10-16)21(18)15-7-5-4-6-8-15/h4-12,18,21H,3,13-14H2,1-2H3,(H,24,26,29)/t18-,21-/m0/s1. The van der Waals surface area contributed by atoms with Crippen LogP contribution in [-0.4, -0.2) is 29.1 Å². The van der Waals surface area contributed by atoms with E-state index in [-0.39, 0.29) is 11.8 Å². The van der Waals surface area contributed by atoms with Gasteiger partial charge in [-0.3, -0.25) is 9.59 Å². The lowest BCUT2D eigenvalue weighted by molar-refractivity contribution is -0.125.